The Balaban J connectivity index is 1.69. The summed E-state index contributed by atoms with van der Waals surface area (Å²) in [6, 6.07) is 0. The van der Waals surface area contributed by atoms with E-state index in [1.54, 1.807) is 0 Å². The summed E-state index contributed by atoms with van der Waals surface area (Å²) in [7, 11) is 0. The average Bonchev–Trinajstić information content (AvgIpc) is 2.91. The summed E-state index contributed by atoms with van der Waals surface area (Å²) in [5, 5.41) is 0. The number of esters is 1. The molecule has 3 nitrogen and oxygen atoms in total. The van der Waals surface area contributed by atoms with Gasteiger partial charge in [0.1, 0.15) is 0 Å². The third-order valence-electron chi connectivity index (χ3n) is 2.74. The van der Waals surface area contributed by atoms with Crippen LogP contribution in [0.25, 0.3) is 0 Å². The summed E-state index contributed by atoms with van der Waals surface area (Å²) in [5.41, 5.74) is 0. The zero-order chi connectivity index (χ0) is 9.26. The molecule has 0 bridgehead atoms. The number of hydrogen-bond donors (Lipinski definition) is 0. The Kier molecular flexibility index (Phi) is 2.36. The van der Waals surface area contributed by atoms with Gasteiger partial charge < -0.3 is 9.47 Å². The Morgan fingerprint density at radius 3 is 3.08 bits per heavy atom. The lowest BCUT2D eigenvalue weighted by Gasteiger charge is -2.17. The summed E-state index contributed by atoms with van der Waals surface area (Å²) < 4.78 is 10.4. The highest BCUT2D eigenvalue weighted by molar-refractivity contribution is 5.81. The molecule has 72 valence electrons. The number of hydrogen-bond acceptors (Lipinski definition) is 3. The number of rotatable bonds is 3. The van der Waals surface area contributed by atoms with Gasteiger partial charge >= 0.3 is 5.97 Å². The van der Waals surface area contributed by atoms with E-state index in [0.29, 0.717) is 24.7 Å². The van der Waals surface area contributed by atoms with Crippen LogP contribution in [-0.2, 0) is 14.3 Å². The van der Waals surface area contributed by atoms with Crippen molar-refractivity contribution in [2.75, 3.05) is 6.61 Å². The molecule has 0 N–H and O–H groups in total. The van der Waals surface area contributed by atoms with E-state index >= 15 is 0 Å². The molecule has 0 unspecified atom stereocenters. The van der Waals surface area contributed by atoms with Crippen LogP contribution < -0.4 is 0 Å². The summed E-state index contributed by atoms with van der Waals surface area (Å²) in [5.74, 6) is 0.173. The normalized spacial score (nSPS) is 36.2. The van der Waals surface area contributed by atoms with Crippen LogP contribution in [0, 0.1) is 5.92 Å². The summed E-state index contributed by atoms with van der Waals surface area (Å²) >= 11 is 0. The lowest BCUT2D eigenvalue weighted by Crippen LogP contribution is -2.19. The van der Waals surface area contributed by atoms with E-state index in [4.69, 9.17) is 9.47 Å². The molecule has 0 aromatic rings. The number of epoxide rings is 1. The molecule has 2 rings (SSSR count). The number of fused-ring (bicyclic) bond motifs is 1. The minimum absolute atomic E-state index is 0.321. The van der Waals surface area contributed by atoms with Crippen LogP contribution in [0.1, 0.15) is 19.3 Å². The van der Waals surface area contributed by atoms with Crippen LogP contribution in [0.15, 0.2) is 12.7 Å². The lowest BCUT2D eigenvalue weighted by molar-refractivity contribution is -0.139. The lowest BCUT2D eigenvalue weighted by atomic mass is 9.90. The average molecular weight is 182 g/mol. The monoisotopic (exact) mass is 182 g/mol. The van der Waals surface area contributed by atoms with E-state index in [2.05, 4.69) is 6.58 Å². The van der Waals surface area contributed by atoms with Gasteiger partial charge in [0.05, 0.1) is 18.8 Å². The van der Waals surface area contributed by atoms with Gasteiger partial charge in [-0.25, -0.2) is 4.79 Å². The van der Waals surface area contributed by atoms with Crippen molar-refractivity contribution in [3.63, 3.8) is 0 Å². The summed E-state index contributed by atoms with van der Waals surface area (Å²) in [6.07, 6.45) is 5.48. The topological polar surface area (TPSA) is 38.8 Å². The molecule has 0 spiro atoms. The van der Waals surface area contributed by atoms with Crippen LogP contribution in [-0.4, -0.2) is 24.8 Å². The number of ether oxygens (including phenoxy) is 2. The standard InChI is InChI=1S/C10H14O3/c1-2-10(11)12-6-7-3-4-8-9(5-7)13-8/h2,7-9H,1,3-6H2/t7-,8-,9-/m1/s1. The van der Waals surface area contributed by atoms with Crippen molar-refractivity contribution < 1.29 is 14.3 Å². The van der Waals surface area contributed by atoms with E-state index in [-0.39, 0.29) is 5.97 Å². The largest absolute Gasteiger partial charge is 0.462 e. The van der Waals surface area contributed by atoms with Gasteiger partial charge in [0.2, 0.25) is 0 Å². The first-order chi connectivity index (χ1) is 6.29. The Labute approximate surface area is 77.7 Å². The zero-order valence-corrected chi connectivity index (χ0v) is 7.57. The van der Waals surface area contributed by atoms with Gasteiger partial charge in [-0.1, -0.05) is 6.58 Å². The molecule has 1 aliphatic heterocycles. The van der Waals surface area contributed by atoms with Gasteiger partial charge in [-0.15, -0.1) is 0 Å². The maximum Gasteiger partial charge on any atom is 0.330 e. The van der Waals surface area contributed by atoms with E-state index in [0.717, 1.165) is 19.3 Å². The van der Waals surface area contributed by atoms with Crippen molar-refractivity contribution in [1.82, 2.24) is 0 Å². The van der Waals surface area contributed by atoms with Gasteiger partial charge in [0, 0.05) is 6.08 Å². The van der Waals surface area contributed by atoms with Crippen LogP contribution in [0.3, 0.4) is 0 Å². The maximum absolute atomic E-state index is 10.8. The highest BCUT2D eigenvalue weighted by Crippen LogP contribution is 2.39. The fourth-order valence-electron chi connectivity index (χ4n) is 1.90. The zero-order valence-electron chi connectivity index (χ0n) is 7.57. The summed E-state index contributed by atoms with van der Waals surface area (Å²) in [6.45, 7) is 3.87. The first kappa shape index (κ1) is 8.75. The highest BCUT2D eigenvalue weighted by Gasteiger charge is 2.43. The van der Waals surface area contributed by atoms with Crippen molar-refractivity contribution in [3.05, 3.63) is 12.7 Å². The van der Waals surface area contributed by atoms with Gasteiger partial charge in [-0.3, -0.25) is 0 Å². The third kappa shape index (κ3) is 2.10. The molecule has 0 amide bonds. The van der Waals surface area contributed by atoms with E-state index in [1.165, 1.54) is 6.08 Å². The van der Waals surface area contributed by atoms with E-state index in [1.807, 2.05) is 0 Å². The van der Waals surface area contributed by atoms with Crippen LogP contribution >= 0.6 is 0 Å². The second kappa shape index (κ2) is 3.50. The predicted molar refractivity (Wildman–Crippen MR) is 47.2 cm³/mol. The van der Waals surface area contributed by atoms with Gasteiger partial charge in [-0.05, 0) is 25.2 Å². The molecule has 1 aliphatic carbocycles. The molecule has 1 saturated carbocycles. The Hall–Kier alpha value is -0.830. The second-order valence-corrected chi connectivity index (χ2v) is 3.73. The first-order valence-corrected chi connectivity index (χ1v) is 4.74. The minimum atomic E-state index is -0.321. The van der Waals surface area contributed by atoms with Crippen molar-refractivity contribution >= 4 is 5.97 Å². The van der Waals surface area contributed by atoms with Gasteiger partial charge in [0.15, 0.2) is 0 Å². The molecule has 13 heavy (non-hydrogen) atoms. The molecule has 3 atom stereocenters. The molecule has 3 heteroatoms. The molecule has 1 heterocycles. The third-order valence-corrected chi connectivity index (χ3v) is 2.74. The van der Waals surface area contributed by atoms with Crippen molar-refractivity contribution in [3.8, 4) is 0 Å². The molecule has 2 fully saturated rings. The molecule has 1 saturated heterocycles. The van der Waals surface area contributed by atoms with Crippen molar-refractivity contribution in [2.24, 2.45) is 5.92 Å². The number of carbonyl (C=O) groups excluding carboxylic acids is 1. The van der Waals surface area contributed by atoms with Crippen LogP contribution in [0.2, 0.25) is 0 Å². The fraction of sp³-hybridized carbons (Fsp3) is 0.700. The molecule has 0 radical (unpaired) electrons. The van der Waals surface area contributed by atoms with Crippen LogP contribution in [0.5, 0.6) is 0 Å². The van der Waals surface area contributed by atoms with Crippen LogP contribution in [0.4, 0.5) is 0 Å². The van der Waals surface area contributed by atoms with E-state index in [9.17, 15) is 4.79 Å². The highest BCUT2D eigenvalue weighted by atomic mass is 16.6. The summed E-state index contributed by atoms with van der Waals surface area (Å²) in [4.78, 5) is 10.8. The molecule has 2 aliphatic rings. The fourth-order valence-corrected chi connectivity index (χ4v) is 1.90. The Bertz CT molecular complexity index is 224. The van der Waals surface area contributed by atoms with E-state index < -0.39 is 0 Å². The maximum atomic E-state index is 10.8. The SMILES string of the molecule is C=CC(=O)OC[C@@H]1CC[C@H]2O[C@@H]2C1. The minimum Gasteiger partial charge on any atom is -0.462 e. The van der Waals surface area contributed by atoms with Crippen molar-refractivity contribution in [1.29, 1.82) is 0 Å². The second-order valence-electron chi connectivity index (χ2n) is 3.73. The molecular formula is C10H14O3. The predicted octanol–water partition coefficient (Wildman–Crippen LogP) is 1.28. The first-order valence-electron chi connectivity index (χ1n) is 4.74. The number of carbonyl (C=O) groups is 1. The van der Waals surface area contributed by atoms with Gasteiger partial charge in [-0.2, -0.15) is 0 Å². The quantitative estimate of drug-likeness (QED) is 0.375. The Morgan fingerprint density at radius 2 is 2.38 bits per heavy atom. The van der Waals surface area contributed by atoms with Crippen molar-refractivity contribution in [2.45, 2.75) is 31.5 Å². The molecular weight excluding hydrogens is 168 g/mol. The molecule has 0 aromatic carbocycles. The Morgan fingerprint density at radius 1 is 1.54 bits per heavy atom. The molecule has 0 aromatic heterocycles. The van der Waals surface area contributed by atoms with Gasteiger partial charge in [0.25, 0.3) is 0 Å². The smallest absolute Gasteiger partial charge is 0.330 e.